The van der Waals surface area contributed by atoms with E-state index in [2.05, 4.69) is 33.8 Å². The lowest BCUT2D eigenvalue weighted by Gasteiger charge is -2.18. The maximum Gasteiger partial charge on any atom is 0.0515 e. The van der Waals surface area contributed by atoms with Crippen LogP contribution in [-0.2, 0) is 0 Å². The average molecular weight is 236 g/mol. The molecule has 2 atom stereocenters. The fraction of sp³-hybridized carbons (Fsp3) is 0.750. The molecular formula is C16H28O. The van der Waals surface area contributed by atoms with Crippen LogP contribution >= 0.6 is 0 Å². The number of rotatable bonds is 5. The quantitative estimate of drug-likeness (QED) is 0.698. The third kappa shape index (κ3) is 4.31. The molecular weight excluding hydrogens is 208 g/mol. The molecule has 1 rings (SSSR count). The van der Waals surface area contributed by atoms with Crippen molar-refractivity contribution in [1.29, 1.82) is 0 Å². The Morgan fingerprint density at radius 3 is 2.59 bits per heavy atom. The molecule has 0 spiro atoms. The van der Waals surface area contributed by atoms with E-state index in [9.17, 15) is 5.11 Å². The average Bonchev–Trinajstić information content (AvgIpc) is 2.55. The highest BCUT2D eigenvalue weighted by Crippen LogP contribution is 2.39. The highest BCUT2D eigenvalue weighted by Gasteiger charge is 2.24. The third-order valence-corrected chi connectivity index (χ3v) is 3.75. The van der Waals surface area contributed by atoms with Gasteiger partial charge in [0.2, 0.25) is 0 Å². The van der Waals surface area contributed by atoms with Crippen LogP contribution in [0.15, 0.2) is 22.8 Å². The predicted molar refractivity (Wildman–Crippen MR) is 74.9 cm³/mol. The Morgan fingerprint density at radius 1 is 1.41 bits per heavy atom. The summed E-state index contributed by atoms with van der Waals surface area (Å²) in [4.78, 5) is 0. The molecule has 0 saturated heterocycles. The van der Waals surface area contributed by atoms with E-state index >= 15 is 0 Å². The first kappa shape index (κ1) is 14.5. The van der Waals surface area contributed by atoms with Gasteiger partial charge in [0.05, 0.1) is 6.10 Å². The molecule has 1 aliphatic rings. The van der Waals surface area contributed by atoms with Crippen molar-refractivity contribution < 1.29 is 5.11 Å². The Morgan fingerprint density at radius 2 is 2.06 bits per heavy atom. The van der Waals surface area contributed by atoms with Gasteiger partial charge >= 0.3 is 0 Å². The summed E-state index contributed by atoms with van der Waals surface area (Å²) < 4.78 is 0. The maximum absolute atomic E-state index is 9.43. The van der Waals surface area contributed by atoms with Crippen molar-refractivity contribution in [2.75, 3.05) is 0 Å². The predicted octanol–water partition coefficient (Wildman–Crippen LogP) is 4.48. The number of hydrogen-bond donors (Lipinski definition) is 1. The topological polar surface area (TPSA) is 20.2 Å². The van der Waals surface area contributed by atoms with Crippen molar-refractivity contribution in [3.05, 3.63) is 22.8 Å². The van der Waals surface area contributed by atoms with Gasteiger partial charge in [-0.25, -0.2) is 0 Å². The molecule has 0 radical (unpaired) electrons. The molecule has 0 aromatic carbocycles. The zero-order chi connectivity index (χ0) is 13.0. The number of aliphatic hydroxyl groups excluding tert-OH is 1. The van der Waals surface area contributed by atoms with E-state index < -0.39 is 0 Å². The van der Waals surface area contributed by atoms with Crippen molar-refractivity contribution in [3.63, 3.8) is 0 Å². The molecule has 98 valence electrons. The molecule has 1 heteroatoms. The first-order valence-corrected chi connectivity index (χ1v) is 6.96. The van der Waals surface area contributed by atoms with Crippen molar-refractivity contribution in [2.45, 2.75) is 66.4 Å². The molecule has 0 saturated carbocycles. The Labute approximate surface area is 107 Å². The van der Waals surface area contributed by atoms with Crippen molar-refractivity contribution >= 4 is 0 Å². The van der Waals surface area contributed by atoms with Gasteiger partial charge < -0.3 is 5.11 Å². The molecule has 17 heavy (non-hydrogen) atoms. The lowest BCUT2D eigenvalue weighted by atomic mass is 9.88. The molecule has 0 aromatic rings. The normalized spacial score (nSPS) is 23.7. The molecule has 0 aromatic heterocycles. The van der Waals surface area contributed by atoms with E-state index in [0.717, 1.165) is 12.8 Å². The van der Waals surface area contributed by atoms with Crippen LogP contribution in [0.2, 0.25) is 0 Å². The summed E-state index contributed by atoms with van der Waals surface area (Å²) in [6, 6.07) is 0. The van der Waals surface area contributed by atoms with Gasteiger partial charge in [-0.1, -0.05) is 36.6 Å². The van der Waals surface area contributed by atoms with Gasteiger partial charge in [0.15, 0.2) is 0 Å². The van der Waals surface area contributed by atoms with Gasteiger partial charge in [-0.3, -0.25) is 0 Å². The summed E-state index contributed by atoms with van der Waals surface area (Å²) in [6.45, 7) is 10.9. The molecule has 0 heterocycles. The van der Waals surface area contributed by atoms with E-state index in [-0.39, 0.29) is 6.10 Å². The minimum Gasteiger partial charge on any atom is -0.393 e. The van der Waals surface area contributed by atoms with Crippen molar-refractivity contribution in [1.82, 2.24) is 0 Å². The van der Waals surface area contributed by atoms with Crippen LogP contribution < -0.4 is 0 Å². The van der Waals surface area contributed by atoms with Crippen LogP contribution in [-0.4, -0.2) is 11.2 Å². The Kier molecular flexibility index (Phi) is 5.45. The Balaban J connectivity index is 2.73. The van der Waals surface area contributed by atoms with Gasteiger partial charge in [0, 0.05) is 5.92 Å². The lowest BCUT2D eigenvalue weighted by Crippen LogP contribution is -2.06. The molecule has 0 aliphatic heterocycles. The first-order valence-electron chi connectivity index (χ1n) is 6.96. The van der Waals surface area contributed by atoms with Crippen LogP contribution in [0.5, 0.6) is 0 Å². The molecule has 1 nitrogen and oxygen atoms in total. The minimum atomic E-state index is -0.175. The zero-order valence-electron chi connectivity index (χ0n) is 12.1. The van der Waals surface area contributed by atoms with Gasteiger partial charge in [-0.2, -0.15) is 0 Å². The number of allylic oxidation sites excluding steroid dienone is 4. The monoisotopic (exact) mass is 236 g/mol. The molecule has 0 amide bonds. The number of hydrogen-bond acceptors (Lipinski definition) is 1. The van der Waals surface area contributed by atoms with Gasteiger partial charge in [0.25, 0.3) is 0 Å². The molecule has 1 aliphatic carbocycles. The third-order valence-electron chi connectivity index (χ3n) is 3.75. The largest absolute Gasteiger partial charge is 0.393 e. The molecule has 0 bridgehead atoms. The summed E-state index contributed by atoms with van der Waals surface area (Å²) in [7, 11) is 0. The van der Waals surface area contributed by atoms with Crippen LogP contribution in [0, 0.1) is 11.8 Å². The first-order chi connectivity index (χ1) is 7.91. The van der Waals surface area contributed by atoms with E-state index in [4.69, 9.17) is 0 Å². The zero-order valence-corrected chi connectivity index (χ0v) is 12.1. The van der Waals surface area contributed by atoms with E-state index in [0.29, 0.717) is 11.8 Å². The lowest BCUT2D eigenvalue weighted by molar-refractivity contribution is 0.184. The summed E-state index contributed by atoms with van der Waals surface area (Å²) in [5.41, 5.74) is 4.69. The maximum atomic E-state index is 9.43. The van der Waals surface area contributed by atoms with Gasteiger partial charge in [0.1, 0.15) is 0 Å². The second-order valence-electron chi connectivity index (χ2n) is 5.94. The summed E-state index contributed by atoms with van der Waals surface area (Å²) in [5.74, 6) is 1.28. The molecule has 2 unspecified atom stereocenters. The summed E-state index contributed by atoms with van der Waals surface area (Å²) in [6.07, 6.45) is 6.70. The highest BCUT2D eigenvalue weighted by atomic mass is 16.3. The van der Waals surface area contributed by atoms with E-state index in [1.165, 1.54) is 18.4 Å². The fourth-order valence-corrected chi connectivity index (χ4v) is 2.89. The minimum absolute atomic E-state index is 0.175. The van der Waals surface area contributed by atoms with Gasteiger partial charge in [-0.15, -0.1) is 0 Å². The Bertz CT molecular complexity index is 307. The fourth-order valence-electron chi connectivity index (χ4n) is 2.89. The Hall–Kier alpha value is -0.560. The van der Waals surface area contributed by atoms with Crippen LogP contribution in [0.3, 0.4) is 0 Å². The number of aliphatic hydroxyl groups is 1. The van der Waals surface area contributed by atoms with Crippen LogP contribution in [0.25, 0.3) is 0 Å². The molecule has 0 fully saturated rings. The summed E-state index contributed by atoms with van der Waals surface area (Å²) >= 11 is 0. The second-order valence-corrected chi connectivity index (χ2v) is 5.94. The van der Waals surface area contributed by atoms with Gasteiger partial charge in [-0.05, 0) is 52.4 Å². The van der Waals surface area contributed by atoms with Crippen LogP contribution in [0.1, 0.15) is 60.3 Å². The van der Waals surface area contributed by atoms with Crippen molar-refractivity contribution in [3.8, 4) is 0 Å². The van der Waals surface area contributed by atoms with Crippen LogP contribution in [0.4, 0.5) is 0 Å². The second kappa shape index (κ2) is 6.39. The highest BCUT2D eigenvalue weighted by molar-refractivity contribution is 5.29. The van der Waals surface area contributed by atoms with E-state index in [1.807, 2.05) is 6.92 Å². The molecule has 1 N–H and O–H groups in total. The summed E-state index contributed by atoms with van der Waals surface area (Å²) in [5, 5.41) is 9.43. The van der Waals surface area contributed by atoms with E-state index in [1.54, 1.807) is 11.1 Å². The smallest absolute Gasteiger partial charge is 0.0515 e. The SMILES string of the molecule is CC(=CC(C)C)C1CCC(C)=C1CCC(C)O. The van der Waals surface area contributed by atoms with Crippen molar-refractivity contribution in [2.24, 2.45) is 11.8 Å². The standard InChI is InChI=1S/C16H28O/c1-11(2)10-13(4)16-8-6-12(3)15(16)9-7-14(5)17/h10-11,14,16-17H,6-9H2,1-5H3.